The first-order valence-corrected chi connectivity index (χ1v) is 9.95. The Bertz CT molecular complexity index is 1080. The number of anilines is 1. The summed E-state index contributed by atoms with van der Waals surface area (Å²) in [5.41, 5.74) is 3.42. The lowest BCUT2D eigenvalue weighted by atomic mass is 10.2. The van der Waals surface area contributed by atoms with Crippen molar-refractivity contribution in [1.82, 2.24) is 14.8 Å². The molecule has 0 bridgehead atoms. The molecule has 0 saturated carbocycles. The Hall–Kier alpha value is -2.77. The van der Waals surface area contributed by atoms with E-state index in [4.69, 9.17) is 0 Å². The lowest BCUT2D eigenvalue weighted by molar-refractivity contribution is -0.115. The number of carbonyl (C=O) groups excluding carboxylic acids is 1. The monoisotopic (exact) mass is 438 g/mol. The van der Waals surface area contributed by atoms with Crippen LogP contribution >= 0.6 is 27.3 Å². The van der Waals surface area contributed by atoms with Gasteiger partial charge in [0, 0.05) is 33.5 Å². The van der Waals surface area contributed by atoms with E-state index in [9.17, 15) is 4.79 Å². The number of carbonyl (C=O) groups is 1. The van der Waals surface area contributed by atoms with Crippen LogP contribution in [0.5, 0.6) is 0 Å². The molecule has 0 aliphatic rings. The molecule has 2 heterocycles. The maximum Gasteiger partial charge on any atom is 0.230 e. The number of halogens is 1. The number of hydrogen-bond donors (Lipinski definition) is 1. The van der Waals surface area contributed by atoms with E-state index in [0.717, 1.165) is 32.1 Å². The van der Waals surface area contributed by atoms with Crippen LogP contribution in [-0.4, -0.2) is 20.7 Å². The Morgan fingerprint density at radius 3 is 2.85 bits per heavy atom. The van der Waals surface area contributed by atoms with Crippen molar-refractivity contribution in [3.63, 3.8) is 0 Å². The van der Waals surface area contributed by atoms with Gasteiger partial charge in [0.25, 0.3) is 0 Å². The van der Waals surface area contributed by atoms with Gasteiger partial charge in [-0.3, -0.25) is 4.79 Å². The van der Waals surface area contributed by atoms with Gasteiger partial charge in [0.05, 0.1) is 17.8 Å². The molecule has 4 aromatic rings. The molecule has 2 aromatic carbocycles. The average molecular weight is 439 g/mol. The molecule has 1 N–H and O–H groups in total. The largest absolute Gasteiger partial charge is 0.326 e. The molecule has 0 spiro atoms. The number of benzene rings is 2. The van der Waals surface area contributed by atoms with Gasteiger partial charge in [0.2, 0.25) is 5.91 Å². The highest BCUT2D eigenvalue weighted by atomic mass is 79.9. The molecular formula is C20H15BrN4OS. The van der Waals surface area contributed by atoms with Crippen molar-refractivity contribution >= 4 is 38.9 Å². The number of amides is 1. The Morgan fingerprint density at radius 2 is 2.04 bits per heavy atom. The lowest BCUT2D eigenvalue weighted by Gasteiger charge is -2.07. The first kappa shape index (κ1) is 17.6. The fraction of sp³-hybridized carbons (Fsp3) is 0.0500. The highest BCUT2D eigenvalue weighted by molar-refractivity contribution is 9.10. The summed E-state index contributed by atoms with van der Waals surface area (Å²) in [6.45, 7) is 0. The Kier molecular flexibility index (Phi) is 5.13. The van der Waals surface area contributed by atoms with Crippen LogP contribution in [0.1, 0.15) is 5.69 Å². The zero-order valence-corrected chi connectivity index (χ0v) is 16.6. The first-order valence-electron chi connectivity index (χ1n) is 8.28. The molecule has 5 nitrogen and oxygen atoms in total. The maximum absolute atomic E-state index is 12.4. The highest BCUT2D eigenvalue weighted by Crippen LogP contribution is 2.26. The summed E-state index contributed by atoms with van der Waals surface area (Å²) < 4.78 is 2.76. The maximum atomic E-state index is 12.4. The van der Waals surface area contributed by atoms with Gasteiger partial charge in [-0.2, -0.15) is 5.10 Å². The summed E-state index contributed by atoms with van der Waals surface area (Å²) in [6, 6.07) is 17.4. The first-order chi connectivity index (χ1) is 13.2. The Balaban J connectivity index is 1.44. The normalized spacial score (nSPS) is 10.7. The van der Waals surface area contributed by atoms with Gasteiger partial charge >= 0.3 is 0 Å². The molecule has 0 radical (unpaired) electrons. The van der Waals surface area contributed by atoms with Gasteiger partial charge in [-0.15, -0.1) is 11.3 Å². The standard InChI is InChI=1S/C20H15BrN4OS/c21-15-5-1-4-14(10-15)20-24-17(13-27-20)12-19(26)23-16-6-2-7-18(11-16)25-9-3-8-22-25/h1-11,13H,12H2,(H,23,26). The van der Waals surface area contributed by atoms with E-state index in [1.165, 1.54) is 11.3 Å². The van der Waals surface area contributed by atoms with Crippen molar-refractivity contribution in [2.24, 2.45) is 0 Å². The van der Waals surface area contributed by atoms with Crippen LogP contribution < -0.4 is 5.32 Å². The second kappa shape index (κ2) is 7.85. The van der Waals surface area contributed by atoms with Crippen molar-refractivity contribution in [3.05, 3.63) is 82.5 Å². The predicted octanol–water partition coefficient (Wildman–Crippen LogP) is 4.94. The number of thiazole rings is 1. The molecular weight excluding hydrogens is 424 g/mol. The van der Waals surface area contributed by atoms with Gasteiger partial charge in [-0.1, -0.05) is 34.1 Å². The van der Waals surface area contributed by atoms with Gasteiger partial charge in [0.15, 0.2) is 0 Å². The minimum absolute atomic E-state index is 0.0984. The summed E-state index contributed by atoms with van der Waals surface area (Å²) in [6.07, 6.45) is 3.81. The fourth-order valence-electron chi connectivity index (χ4n) is 2.66. The predicted molar refractivity (Wildman–Crippen MR) is 111 cm³/mol. The SMILES string of the molecule is O=C(Cc1csc(-c2cccc(Br)c2)n1)Nc1cccc(-n2cccn2)c1. The van der Waals surface area contributed by atoms with Crippen LogP contribution in [-0.2, 0) is 11.2 Å². The molecule has 2 aromatic heterocycles. The molecule has 0 saturated heterocycles. The van der Waals surface area contributed by atoms with Crippen LogP contribution in [0.25, 0.3) is 16.3 Å². The molecule has 0 fully saturated rings. The molecule has 0 aliphatic carbocycles. The third-order valence-electron chi connectivity index (χ3n) is 3.86. The molecule has 134 valence electrons. The Labute approximate surface area is 168 Å². The van der Waals surface area contributed by atoms with Gasteiger partial charge < -0.3 is 5.32 Å². The quantitative estimate of drug-likeness (QED) is 0.479. The van der Waals surface area contributed by atoms with Crippen LogP contribution in [0.3, 0.4) is 0 Å². The topological polar surface area (TPSA) is 59.8 Å². The van der Waals surface area contributed by atoms with Gasteiger partial charge in [0.1, 0.15) is 5.01 Å². The second-order valence-electron chi connectivity index (χ2n) is 5.88. The smallest absolute Gasteiger partial charge is 0.230 e. The van der Waals surface area contributed by atoms with Crippen molar-refractivity contribution < 1.29 is 4.79 Å². The van der Waals surface area contributed by atoms with E-state index >= 15 is 0 Å². The molecule has 4 rings (SSSR count). The molecule has 7 heteroatoms. The third kappa shape index (κ3) is 4.32. The van der Waals surface area contributed by atoms with Crippen LogP contribution in [0.15, 0.2) is 76.8 Å². The average Bonchev–Trinajstić information content (AvgIpc) is 3.34. The highest BCUT2D eigenvalue weighted by Gasteiger charge is 2.10. The van der Waals surface area contributed by atoms with Crippen molar-refractivity contribution in [3.8, 4) is 16.3 Å². The van der Waals surface area contributed by atoms with E-state index in [1.807, 2.05) is 66.2 Å². The van der Waals surface area contributed by atoms with E-state index in [2.05, 4.69) is 31.3 Å². The number of nitrogens with one attached hydrogen (secondary N) is 1. The van der Waals surface area contributed by atoms with Crippen molar-refractivity contribution in [2.45, 2.75) is 6.42 Å². The van der Waals surface area contributed by atoms with Crippen LogP contribution in [0.4, 0.5) is 5.69 Å². The van der Waals surface area contributed by atoms with E-state index in [-0.39, 0.29) is 12.3 Å². The zero-order chi connectivity index (χ0) is 18.6. The minimum atomic E-state index is -0.0984. The molecule has 0 atom stereocenters. The summed E-state index contributed by atoms with van der Waals surface area (Å²) in [4.78, 5) is 17.0. The second-order valence-corrected chi connectivity index (χ2v) is 7.65. The number of aromatic nitrogens is 3. The summed E-state index contributed by atoms with van der Waals surface area (Å²) in [5, 5.41) is 9.96. The van der Waals surface area contributed by atoms with Gasteiger partial charge in [-0.05, 0) is 36.4 Å². The zero-order valence-electron chi connectivity index (χ0n) is 14.2. The summed E-state index contributed by atoms with van der Waals surface area (Å²) in [5.74, 6) is -0.0984. The number of hydrogen-bond acceptors (Lipinski definition) is 4. The molecule has 27 heavy (non-hydrogen) atoms. The van der Waals surface area contributed by atoms with Crippen molar-refractivity contribution in [1.29, 1.82) is 0 Å². The van der Waals surface area contributed by atoms with Crippen LogP contribution in [0.2, 0.25) is 0 Å². The fourth-order valence-corrected chi connectivity index (χ4v) is 3.88. The summed E-state index contributed by atoms with van der Waals surface area (Å²) in [7, 11) is 0. The van der Waals surface area contributed by atoms with Crippen molar-refractivity contribution in [2.75, 3.05) is 5.32 Å². The minimum Gasteiger partial charge on any atom is -0.326 e. The molecule has 1 amide bonds. The van der Waals surface area contributed by atoms with Crippen LogP contribution in [0, 0.1) is 0 Å². The number of rotatable bonds is 5. The summed E-state index contributed by atoms with van der Waals surface area (Å²) >= 11 is 5.01. The van der Waals surface area contributed by atoms with Gasteiger partial charge in [-0.25, -0.2) is 9.67 Å². The molecule has 0 unspecified atom stereocenters. The lowest BCUT2D eigenvalue weighted by Crippen LogP contribution is -2.14. The van der Waals surface area contributed by atoms with E-state index in [1.54, 1.807) is 10.9 Å². The third-order valence-corrected chi connectivity index (χ3v) is 5.30. The number of nitrogens with zero attached hydrogens (tertiary/aromatic N) is 3. The van der Waals surface area contributed by atoms with E-state index < -0.39 is 0 Å². The Morgan fingerprint density at radius 1 is 1.15 bits per heavy atom. The van der Waals surface area contributed by atoms with E-state index in [0.29, 0.717) is 0 Å². The molecule has 0 aliphatic heterocycles.